The first-order valence-electron chi connectivity index (χ1n) is 8.18. The van der Waals surface area contributed by atoms with E-state index in [0.717, 1.165) is 30.2 Å². The Labute approximate surface area is 137 Å². The van der Waals surface area contributed by atoms with Crippen molar-refractivity contribution in [2.24, 2.45) is 4.99 Å². The van der Waals surface area contributed by atoms with Gasteiger partial charge in [-0.2, -0.15) is 4.99 Å². The van der Waals surface area contributed by atoms with Gasteiger partial charge in [-0.15, -0.1) is 5.06 Å². The Hall–Kier alpha value is -2.33. The molecule has 1 saturated heterocycles. The Morgan fingerprint density at radius 1 is 0.870 bits per heavy atom. The minimum atomic E-state index is -0.625. The highest BCUT2D eigenvalue weighted by molar-refractivity contribution is 5.76. The molecule has 2 heterocycles. The van der Waals surface area contributed by atoms with Gasteiger partial charge >= 0.3 is 6.02 Å². The predicted molar refractivity (Wildman–Crippen MR) is 90.8 cm³/mol. The topological polar surface area (TPSA) is 28.1 Å². The Morgan fingerprint density at radius 2 is 1.39 bits per heavy atom. The molecule has 2 aromatic carbocycles. The molecular weight excluding hydrogens is 286 g/mol. The van der Waals surface area contributed by atoms with E-state index in [9.17, 15) is 0 Å². The molecule has 4 nitrogen and oxygen atoms in total. The summed E-state index contributed by atoms with van der Waals surface area (Å²) in [4.78, 5) is 13.4. The maximum atomic E-state index is 6.08. The molecule has 4 heteroatoms. The Bertz CT molecular complexity index is 654. The lowest BCUT2D eigenvalue weighted by Gasteiger charge is -2.31. The number of amidine groups is 1. The van der Waals surface area contributed by atoms with Crippen LogP contribution in [0.4, 0.5) is 0 Å². The molecule has 118 valence electrons. The Morgan fingerprint density at radius 3 is 1.91 bits per heavy atom. The fourth-order valence-corrected chi connectivity index (χ4v) is 3.46. The first-order chi connectivity index (χ1) is 11.3. The second-order valence-electron chi connectivity index (χ2n) is 6.08. The van der Waals surface area contributed by atoms with Crippen molar-refractivity contribution in [1.29, 1.82) is 0 Å². The van der Waals surface area contributed by atoms with E-state index in [1.807, 2.05) is 24.2 Å². The van der Waals surface area contributed by atoms with E-state index in [2.05, 4.69) is 53.4 Å². The third-order valence-electron chi connectivity index (χ3n) is 4.66. The molecule has 0 atom stereocenters. The average Bonchev–Trinajstić information content (AvgIpc) is 3.25. The summed E-state index contributed by atoms with van der Waals surface area (Å²) in [5.41, 5.74) is 1.60. The number of benzene rings is 2. The van der Waals surface area contributed by atoms with Crippen LogP contribution in [0.15, 0.2) is 65.7 Å². The summed E-state index contributed by atoms with van der Waals surface area (Å²) in [5, 5.41) is 1.88. The van der Waals surface area contributed by atoms with Gasteiger partial charge in [-0.05, 0) is 12.8 Å². The van der Waals surface area contributed by atoms with Crippen LogP contribution in [0.2, 0.25) is 0 Å². The van der Waals surface area contributed by atoms with Crippen molar-refractivity contribution in [3.05, 3.63) is 71.8 Å². The Balaban J connectivity index is 1.86. The SMILES string of the molecule is CN1OC(N2CCCC2)=NC1(c1ccccc1)c1ccccc1. The molecule has 0 saturated carbocycles. The van der Waals surface area contributed by atoms with Gasteiger partial charge in [0.15, 0.2) is 0 Å². The van der Waals surface area contributed by atoms with Crippen LogP contribution in [-0.2, 0) is 10.5 Å². The predicted octanol–water partition coefficient (Wildman–Crippen LogP) is 3.22. The molecule has 0 unspecified atom stereocenters. The van der Waals surface area contributed by atoms with Crippen LogP contribution in [0.25, 0.3) is 0 Å². The number of hydroxylamine groups is 2. The molecule has 1 fully saturated rings. The number of likely N-dealkylation sites (tertiary alicyclic amines) is 1. The van der Waals surface area contributed by atoms with Crippen molar-refractivity contribution < 1.29 is 4.84 Å². The maximum absolute atomic E-state index is 6.08. The smallest absolute Gasteiger partial charge is 0.310 e. The summed E-state index contributed by atoms with van der Waals surface area (Å²) >= 11 is 0. The van der Waals surface area contributed by atoms with Gasteiger partial charge in [-0.3, -0.25) is 0 Å². The van der Waals surface area contributed by atoms with Crippen molar-refractivity contribution in [1.82, 2.24) is 9.96 Å². The summed E-state index contributed by atoms with van der Waals surface area (Å²) in [6.45, 7) is 2.04. The van der Waals surface area contributed by atoms with Gasteiger partial charge in [0.2, 0.25) is 5.66 Å². The molecule has 0 radical (unpaired) electrons. The lowest BCUT2D eigenvalue weighted by Crippen LogP contribution is -2.39. The van der Waals surface area contributed by atoms with Crippen LogP contribution in [0.5, 0.6) is 0 Å². The molecule has 2 aromatic rings. The summed E-state index contributed by atoms with van der Waals surface area (Å²) in [6, 6.07) is 21.5. The van der Waals surface area contributed by atoms with Crippen LogP contribution in [0.1, 0.15) is 24.0 Å². The van der Waals surface area contributed by atoms with Crippen LogP contribution < -0.4 is 0 Å². The first-order valence-corrected chi connectivity index (χ1v) is 8.18. The van der Waals surface area contributed by atoms with E-state index < -0.39 is 5.66 Å². The lowest BCUT2D eigenvalue weighted by atomic mass is 9.91. The number of aliphatic imine (C=N–C) groups is 1. The van der Waals surface area contributed by atoms with E-state index in [0.29, 0.717) is 0 Å². The molecule has 0 aromatic heterocycles. The molecule has 0 amide bonds. The van der Waals surface area contributed by atoms with Crippen molar-refractivity contribution in [3.63, 3.8) is 0 Å². The summed E-state index contributed by atoms with van der Waals surface area (Å²) in [6.07, 6.45) is 2.41. The zero-order valence-electron chi connectivity index (χ0n) is 13.4. The van der Waals surface area contributed by atoms with Gasteiger partial charge < -0.3 is 9.74 Å². The number of rotatable bonds is 2. The second kappa shape index (κ2) is 5.70. The molecule has 0 N–H and O–H groups in total. The number of hydrogen-bond donors (Lipinski definition) is 0. The standard InChI is InChI=1S/C19H21N3O/c1-21-19(16-10-4-2-5-11-16,17-12-6-3-7-13-17)20-18(23-21)22-14-8-9-15-22/h2-7,10-13H,8-9,14-15H2,1H3. The van der Waals surface area contributed by atoms with Gasteiger partial charge in [-0.1, -0.05) is 60.7 Å². The highest BCUT2D eigenvalue weighted by Crippen LogP contribution is 2.41. The van der Waals surface area contributed by atoms with E-state index in [4.69, 9.17) is 9.83 Å². The highest BCUT2D eigenvalue weighted by Gasteiger charge is 2.47. The minimum Gasteiger partial charge on any atom is -0.365 e. The summed E-state index contributed by atoms with van der Waals surface area (Å²) < 4.78 is 0. The number of hydrogen-bond acceptors (Lipinski definition) is 4. The van der Waals surface area contributed by atoms with E-state index in [1.165, 1.54) is 12.8 Å². The van der Waals surface area contributed by atoms with Crippen molar-refractivity contribution >= 4 is 6.02 Å². The van der Waals surface area contributed by atoms with Gasteiger partial charge in [0, 0.05) is 31.3 Å². The van der Waals surface area contributed by atoms with Crippen molar-refractivity contribution in [3.8, 4) is 0 Å². The number of nitrogens with zero attached hydrogens (tertiary/aromatic N) is 3. The molecule has 2 aliphatic rings. The van der Waals surface area contributed by atoms with Crippen molar-refractivity contribution in [2.45, 2.75) is 18.5 Å². The van der Waals surface area contributed by atoms with E-state index in [1.54, 1.807) is 0 Å². The molecule has 23 heavy (non-hydrogen) atoms. The Kier molecular flexibility index (Phi) is 3.54. The van der Waals surface area contributed by atoms with Gasteiger partial charge in [0.25, 0.3) is 0 Å². The van der Waals surface area contributed by atoms with Gasteiger partial charge in [0.1, 0.15) is 0 Å². The van der Waals surface area contributed by atoms with E-state index in [-0.39, 0.29) is 0 Å². The van der Waals surface area contributed by atoms with Crippen LogP contribution in [-0.4, -0.2) is 36.1 Å². The fourth-order valence-electron chi connectivity index (χ4n) is 3.46. The molecular formula is C19H21N3O. The van der Waals surface area contributed by atoms with Gasteiger partial charge in [0.05, 0.1) is 0 Å². The van der Waals surface area contributed by atoms with Crippen LogP contribution >= 0.6 is 0 Å². The molecule has 0 bridgehead atoms. The van der Waals surface area contributed by atoms with E-state index >= 15 is 0 Å². The summed E-state index contributed by atoms with van der Waals surface area (Å²) in [7, 11) is 1.96. The quantitative estimate of drug-likeness (QED) is 0.853. The van der Waals surface area contributed by atoms with Crippen molar-refractivity contribution in [2.75, 3.05) is 20.1 Å². The largest absolute Gasteiger partial charge is 0.365 e. The third-order valence-corrected chi connectivity index (χ3v) is 4.66. The zero-order chi connectivity index (χ0) is 15.7. The minimum absolute atomic E-state index is 0.625. The van der Waals surface area contributed by atoms with Gasteiger partial charge in [-0.25, -0.2) is 0 Å². The lowest BCUT2D eigenvalue weighted by molar-refractivity contribution is -0.101. The zero-order valence-corrected chi connectivity index (χ0v) is 13.4. The molecule has 2 aliphatic heterocycles. The fraction of sp³-hybridized carbons (Fsp3) is 0.316. The molecule has 0 aliphatic carbocycles. The second-order valence-corrected chi connectivity index (χ2v) is 6.08. The molecule has 4 rings (SSSR count). The molecule has 0 spiro atoms. The normalized spacial score (nSPS) is 20.4. The van der Waals surface area contributed by atoms with Crippen LogP contribution in [0, 0.1) is 0 Å². The summed E-state index contributed by atoms with van der Waals surface area (Å²) in [5.74, 6) is 0. The first kappa shape index (κ1) is 14.3. The van der Waals surface area contributed by atoms with Crippen LogP contribution in [0.3, 0.4) is 0 Å². The average molecular weight is 307 g/mol. The maximum Gasteiger partial charge on any atom is 0.310 e. The monoisotopic (exact) mass is 307 g/mol. The third kappa shape index (κ3) is 2.30. The highest BCUT2D eigenvalue weighted by atomic mass is 16.7.